The van der Waals surface area contributed by atoms with Crippen LogP contribution in [-0.2, 0) is 17.5 Å². The predicted molar refractivity (Wildman–Crippen MR) is 89.0 cm³/mol. The Balaban J connectivity index is 1.60. The van der Waals surface area contributed by atoms with E-state index in [1.165, 1.54) is 17.0 Å². The maximum Gasteiger partial charge on any atom is 0.416 e. The highest BCUT2D eigenvalue weighted by molar-refractivity contribution is 5.92. The Kier molecular flexibility index (Phi) is 5.03. The Morgan fingerprint density at radius 2 is 1.88 bits per heavy atom. The zero-order valence-electron chi connectivity index (χ0n) is 14.0. The minimum absolute atomic E-state index is 0.00421. The predicted octanol–water partition coefficient (Wildman–Crippen LogP) is 3.50. The van der Waals surface area contributed by atoms with Crippen molar-refractivity contribution in [2.45, 2.75) is 12.7 Å². The van der Waals surface area contributed by atoms with E-state index in [9.17, 15) is 18.0 Å². The second-order valence-electron chi connectivity index (χ2n) is 5.94. The summed E-state index contributed by atoms with van der Waals surface area (Å²) >= 11 is 0. The number of benzene rings is 2. The van der Waals surface area contributed by atoms with Gasteiger partial charge in [0.15, 0.2) is 11.5 Å². The van der Waals surface area contributed by atoms with E-state index < -0.39 is 11.7 Å². The van der Waals surface area contributed by atoms with Crippen LogP contribution < -0.4 is 14.8 Å². The molecule has 0 saturated heterocycles. The van der Waals surface area contributed by atoms with Gasteiger partial charge in [0.05, 0.1) is 12.1 Å². The first-order valence-electron chi connectivity index (χ1n) is 7.86. The number of halogens is 3. The van der Waals surface area contributed by atoms with Gasteiger partial charge in [-0.15, -0.1) is 0 Å². The van der Waals surface area contributed by atoms with Gasteiger partial charge in [-0.25, -0.2) is 0 Å². The van der Waals surface area contributed by atoms with Crippen LogP contribution >= 0.6 is 0 Å². The number of hydrogen-bond acceptors (Lipinski definition) is 4. The number of hydrogen-bond donors (Lipinski definition) is 1. The molecule has 5 nitrogen and oxygen atoms in total. The lowest BCUT2D eigenvalue weighted by molar-refractivity contribution is -0.138. The number of alkyl halides is 3. The first-order valence-corrected chi connectivity index (χ1v) is 7.86. The van der Waals surface area contributed by atoms with Gasteiger partial charge in [0.1, 0.15) is 0 Å². The van der Waals surface area contributed by atoms with E-state index in [0.29, 0.717) is 17.2 Å². The number of nitrogens with one attached hydrogen (secondary N) is 1. The third-order valence-electron chi connectivity index (χ3n) is 3.83. The molecule has 26 heavy (non-hydrogen) atoms. The van der Waals surface area contributed by atoms with E-state index in [1.54, 1.807) is 31.3 Å². The summed E-state index contributed by atoms with van der Waals surface area (Å²) in [6.45, 7) is 0.0823. The Bertz CT molecular complexity index is 809. The largest absolute Gasteiger partial charge is 0.454 e. The Morgan fingerprint density at radius 1 is 1.15 bits per heavy atom. The molecule has 0 aromatic heterocycles. The van der Waals surface area contributed by atoms with Gasteiger partial charge in [-0.3, -0.25) is 9.69 Å². The Labute approximate surface area is 148 Å². The second kappa shape index (κ2) is 7.25. The van der Waals surface area contributed by atoms with E-state index in [4.69, 9.17) is 9.47 Å². The van der Waals surface area contributed by atoms with E-state index in [2.05, 4.69) is 5.32 Å². The lowest BCUT2D eigenvalue weighted by atomic mass is 10.1. The van der Waals surface area contributed by atoms with Gasteiger partial charge >= 0.3 is 6.18 Å². The van der Waals surface area contributed by atoms with Crippen LogP contribution in [0.25, 0.3) is 0 Å². The van der Waals surface area contributed by atoms with Crippen LogP contribution in [0.1, 0.15) is 11.1 Å². The maximum atomic E-state index is 13.0. The van der Waals surface area contributed by atoms with Gasteiger partial charge in [0.25, 0.3) is 0 Å². The summed E-state index contributed by atoms with van der Waals surface area (Å²) in [7, 11) is 1.59. The van der Waals surface area contributed by atoms with Crippen molar-refractivity contribution in [3.05, 3.63) is 53.6 Å². The summed E-state index contributed by atoms with van der Waals surface area (Å²) in [6, 6.07) is 10.3. The smallest absolute Gasteiger partial charge is 0.416 e. The average molecular weight is 366 g/mol. The van der Waals surface area contributed by atoms with Crippen molar-refractivity contribution < 1.29 is 27.4 Å². The normalized spacial score (nSPS) is 13.1. The van der Waals surface area contributed by atoms with Gasteiger partial charge in [-0.2, -0.15) is 13.2 Å². The van der Waals surface area contributed by atoms with Crippen molar-refractivity contribution in [2.75, 3.05) is 25.7 Å². The molecular formula is C18H17F3N2O3. The number of carbonyl (C=O) groups is 1. The SMILES string of the molecule is CN(CC(=O)Nc1ccc2c(c1)OCO2)Cc1ccccc1C(F)(F)F. The van der Waals surface area contributed by atoms with Crippen molar-refractivity contribution in [1.82, 2.24) is 4.90 Å². The minimum atomic E-state index is -4.42. The number of fused-ring (bicyclic) bond motifs is 1. The van der Waals surface area contributed by atoms with Crippen LogP contribution in [0.4, 0.5) is 18.9 Å². The number of amides is 1. The monoisotopic (exact) mass is 366 g/mol. The molecule has 1 heterocycles. The van der Waals surface area contributed by atoms with Gasteiger partial charge < -0.3 is 14.8 Å². The van der Waals surface area contributed by atoms with E-state index in [0.717, 1.165) is 6.07 Å². The molecule has 2 aromatic rings. The first-order chi connectivity index (χ1) is 12.3. The number of rotatable bonds is 5. The van der Waals surface area contributed by atoms with E-state index >= 15 is 0 Å². The molecule has 3 rings (SSSR count). The first kappa shape index (κ1) is 18.1. The molecule has 1 aliphatic rings. The summed E-state index contributed by atoms with van der Waals surface area (Å²) in [5, 5.41) is 2.69. The van der Waals surface area contributed by atoms with Gasteiger partial charge in [0.2, 0.25) is 12.7 Å². The van der Waals surface area contributed by atoms with Crippen molar-refractivity contribution >= 4 is 11.6 Å². The maximum absolute atomic E-state index is 13.0. The quantitative estimate of drug-likeness (QED) is 0.880. The Morgan fingerprint density at radius 3 is 2.65 bits per heavy atom. The lowest BCUT2D eigenvalue weighted by Crippen LogP contribution is -2.30. The summed E-state index contributed by atoms with van der Waals surface area (Å²) in [4.78, 5) is 13.7. The van der Waals surface area contributed by atoms with Crippen LogP contribution in [0.5, 0.6) is 11.5 Å². The lowest BCUT2D eigenvalue weighted by Gasteiger charge is -2.19. The molecule has 2 aromatic carbocycles. The summed E-state index contributed by atoms with van der Waals surface area (Å²) in [5.74, 6) is 0.801. The summed E-state index contributed by atoms with van der Waals surface area (Å²) in [6.07, 6.45) is -4.42. The van der Waals surface area contributed by atoms with Crippen LogP contribution in [0.15, 0.2) is 42.5 Å². The second-order valence-corrected chi connectivity index (χ2v) is 5.94. The molecule has 0 atom stereocenters. The third-order valence-corrected chi connectivity index (χ3v) is 3.83. The van der Waals surface area contributed by atoms with Crippen LogP contribution in [0.3, 0.4) is 0 Å². The highest BCUT2D eigenvalue weighted by Gasteiger charge is 2.33. The molecule has 0 spiro atoms. The molecule has 0 radical (unpaired) electrons. The molecule has 8 heteroatoms. The molecule has 0 bridgehead atoms. The molecule has 0 saturated carbocycles. The zero-order valence-corrected chi connectivity index (χ0v) is 14.0. The van der Waals surface area contributed by atoms with Crippen LogP contribution in [-0.4, -0.2) is 31.2 Å². The number of carbonyl (C=O) groups excluding carboxylic acids is 1. The van der Waals surface area contributed by atoms with Crippen LogP contribution in [0, 0.1) is 0 Å². The number of ether oxygens (including phenoxy) is 2. The topological polar surface area (TPSA) is 50.8 Å². The van der Waals surface area contributed by atoms with Crippen molar-refractivity contribution in [2.24, 2.45) is 0 Å². The highest BCUT2D eigenvalue weighted by Crippen LogP contribution is 2.34. The number of likely N-dealkylation sites (N-methyl/N-ethyl adjacent to an activating group) is 1. The zero-order chi connectivity index (χ0) is 18.7. The molecule has 0 fully saturated rings. The molecule has 0 aliphatic carbocycles. The minimum Gasteiger partial charge on any atom is -0.454 e. The van der Waals surface area contributed by atoms with E-state index in [1.807, 2.05) is 0 Å². The summed E-state index contributed by atoms with van der Waals surface area (Å²) in [5.41, 5.74) is -0.0373. The van der Waals surface area contributed by atoms with Gasteiger partial charge in [0, 0.05) is 18.3 Å². The highest BCUT2D eigenvalue weighted by atomic mass is 19.4. The molecule has 1 N–H and O–H groups in total. The third kappa shape index (κ3) is 4.26. The van der Waals surface area contributed by atoms with E-state index in [-0.39, 0.29) is 31.4 Å². The fraction of sp³-hybridized carbons (Fsp3) is 0.278. The fourth-order valence-corrected chi connectivity index (χ4v) is 2.70. The number of anilines is 1. The molecule has 138 valence electrons. The number of nitrogens with zero attached hydrogens (tertiary/aromatic N) is 1. The standard InChI is InChI=1S/C18H17F3N2O3/c1-23(9-12-4-2-3-5-14(12)18(19,20)21)10-17(24)22-13-6-7-15-16(8-13)26-11-25-15/h2-8H,9-11H2,1H3,(H,22,24). The molecule has 0 unspecified atom stereocenters. The molecule has 1 amide bonds. The van der Waals surface area contributed by atoms with Gasteiger partial charge in [-0.1, -0.05) is 18.2 Å². The molecular weight excluding hydrogens is 349 g/mol. The Hall–Kier alpha value is -2.74. The van der Waals surface area contributed by atoms with Crippen molar-refractivity contribution in [1.29, 1.82) is 0 Å². The van der Waals surface area contributed by atoms with Crippen molar-refractivity contribution in [3.63, 3.8) is 0 Å². The average Bonchev–Trinajstić information content (AvgIpc) is 3.01. The molecule has 1 aliphatic heterocycles. The van der Waals surface area contributed by atoms with Crippen LogP contribution in [0.2, 0.25) is 0 Å². The van der Waals surface area contributed by atoms with Crippen molar-refractivity contribution in [3.8, 4) is 11.5 Å². The fourth-order valence-electron chi connectivity index (χ4n) is 2.70. The summed E-state index contributed by atoms with van der Waals surface area (Å²) < 4.78 is 49.5. The van der Waals surface area contributed by atoms with Gasteiger partial charge in [-0.05, 0) is 30.8 Å².